The van der Waals surface area contributed by atoms with Gasteiger partial charge < -0.3 is 9.47 Å². The minimum absolute atomic E-state index is 0.276. The molecular weight excluding hydrogens is 304 g/mol. The number of carbonyl (C=O) groups is 2. The fourth-order valence-electron chi connectivity index (χ4n) is 2.61. The largest absolute Gasteiger partial charge is 0.462 e. The first kappa shape index (κ1) is 16.8. The fourth-order valence-corrected chi connectivity index (χ4v) is 2.65. The third kappa shape index (κ3) is 4.23. The van der Waals surface area contributed by atoms with Crippen molar-refractivity contribution in [3.05, 3.63) is 35.9 Å². The van der Waals surface area contributed by atoms with Crippen LogP contribution in [0.15, 0.2) is 30.3 Å². The highest BCUT2D eigenvalue weighted by Gasteiger charge is 2.46. The van der Waals surface area contributed by atoms with Crippen molar-refractivity contribution < 1.29 is 19.1 Å². The molecule has 0 unspecified atom stereocenters. The lowest BCUT2D eigenvalue weighted by Crippen LogP contribution is -2.43. The summed E-state index contributed by atoms with van der Waals surface area (Å²) in [5.74, 6) is -1.02. The quantitative estimate of drug-likeness (QED) is 0.595. The van der Waals surface area contributed by atoms with Gasteiger partial charge in [0.05, 0.1) is 6.61 Å². The molecule has 1 atom stereocenters. The van der Waals surface area contributed by atoms with Crippen LogP contribution in [0.5, 0.6) is 0 Å². The summed E-state index contributed by atoms with van der Waals surface area (Å²) in [7, 11) is 0. The molecule has 4 nitrogen and oxygen atoms in total. The van der Waals surface area contributed by atoms with Crippen LogP contribution in [-0.4, -0.2) is 29.5 Å². The maximum Gasteiger partial charge on any atom is 0.350 e. The average Bonchev–Trinajstić information content (AvgIpc) is 2.98. The summed E-state index contributed by atoms with van der Waals surface area (Å²) < 4.78 is 10.7. The SMILES string of the molecule is C[C@@H](Cl)C(=O)OC1(C(=O)OCCc2ccccc2)CCCC1. The van der Waals surface area contributed by atoms with Crippen molar-refractivity contribution in [2.45, 2.75) is 50.0 Å². The van der Waals surface area contributed by atoms with Gasteiger partial charge in [0.25, 0.3) is 0 Å². The van der Waals surface area contributed by atoms with Crippen LogP contribution in [-0.2, 0) is 25.5 Å². The van der Waals surface area contributed by atoms with Crippen LogP contribution in [0.1, 0.15) is 38.2 Å². The van der Waals surface area contributed by atoms with Crippen LogP contribution in [0.25, 0.3) is 0 Å². The molecule has 1 aliphatic carbocycles. The van der Waals surface area contributed by atoms with E-state index in [2.05, 4.69) is 0 Å². The van der Waals surface area contributed by atoms with Crippen molar-refractivity contribution in [1.29, 1.82) is 0 Å². The first-order chi connectivity index (χ1) is 10.5. The van der Waals surface area contributed by atoms with Crippen LogP contribution in [0.3, 0.4) is 0 Å². The van der Waals surface area contributed by atoms with E-state index in [9.17, 15) is 9.59 Å². The minimum atomic E-state index is -1.14. The zero-order valence-electron chi connectivity index (χ0n) is 12.7. The molecule has 0 spiro atoms. The highest BCUT2D eigenvalue weighted by Crippen LogP contribution is 2.35. The van der Waals surface area contributed by atoms with E-state index in [4.69, 9.17) is 21.1 Å². The first-order valence-electron chi connectivity index (χ1n) is 7.61. The highest BCUT2D eigenvalue weighted by atomic mass is 35.5. The number of carbonyl (C=O) groups excluding carboxylic acids is 2. The Morgan fingerprint density at radius 1 is 1.23 bits per heavy atom. The second kappa shape index (κ2) is 7.63. The van der Waals surface area contributed by atoms with Crippen molar-refractivity contribution in [2.75, 3.05) is 6.61 Å². The summed E-state index contributed by atoms with van der Waals surface area (Å²) >= 11 is 5.73. The van der Waals surface area contributed by atoms with E-state index in [1.54, 1.807) is 0 Å². The second-order valence-electron chi connectivity index (χ2n) is 5.61. The van der Waals surface area contributed by atoms with Gasteiger partial charge in [-0.25, -0.2) is 4.79 Å². The average molecular weight is 325 g/mol. The smallest absolute Gasteiger partial charge is 0.350 e. The molecule has 120 valence electrons. The molecule has 0 aromatic heterocycles. The molecule has 0 amide bonds. The number of esters is 2. The maximum absolute atomic E-state index is 12.4. The molecule has 1 aromatic carbocycles. The van der Waals surface area contributed by atoms with Crippen LogP contribution in [0.4, 0.5) is 0 Å². The molecular formula is C17H21ClO4. The van der Waals surface area contributed by atoms with Gasteiger partial charge in [0, 0.05) is 6.42 Å². The van der Waals surface area contributed by atoms with Gasteiger partial charge in [-0.1, -0.05) is 30.3 Å². The fraction of sp³-hybridized carbons (Fsp3) is 0.529. The lowest BCUT2D eigenvalue weighted by atomic mass is 10.0. The summed E-state index contributed by atoms with van der Waals surface area (Å²) in [4.78, 5) is 24.1. The lowest BCUT2D eigenvalue weighted by molar-refractivity contribution is -0.181. The Balaban J connectivity index is 1.91. The van der Waals surface area contributed by atoms with Gasteiger partial charge in [0.15, 0.2) is 0 Å². The molecule has 0 heterocycles. The van der Waals surface area contributed by atoms with E-state index in [0.29, 0.717) is 19.3 Å². The number of benzene rings is 1. The van der Waals surface area contributed by atoms with E-state index < -0.39 is 22.9 Å². The van der Waals surface area contributed by atoms with Gasteiger partial charge in [-0.3, -0.25) is 4.79 Å². The van der Waals surface area contributed by atoms with E-state index in [1.165, 1.54) is 6.92 Å². The second-order valence-corrected chi connectivity index (χ2v) is 6.26. The highest BCUT2D eigenvalue weighted by molar-refractivity contribution is 6.29. The minimum Gasteiger partial charge on any atom is -0.462 e. The van der Waals surface area contributed by atoms with Crippen molar-refractivity contribution in [1.82, 2.24) is 0 Å². The summed E-state index contributed by atoms with van der Waals surface area (Å²) in [5.41, 5.74) is -0.0427. The van der Waals surface area contributed by atoms with E-state index in [-0.39, 0.29) is 6.61 Å². The third-order valence-electron chi connectivity index (χ3n) is 3.87. The van der Waals surface area contributed by atoms with Crippen LogP contribution in [0.2, 0.25) is 0 Å². The predicted molar refractivity (Wildman–Crippen MR) is 83.7 cm³/mol. The summed E-state index contributed by atoms with van der Waals surface area (Å²) in [6.07, 6.45) is 3.34. The van der Waals surface area contributed by atoms with Gasteiger partial charge in [0.1, 0.15) is 5.38 Å². The summed E-state index contributed by atoms with van der Waals surface area (Å²) in [6, 6.07) is 9.79. The topological polar surface area (TPSA) is 52.6 Å². The lowest BCUT2D eigenvalue weighted by Gasteiger charge is -2.27. The van der Waals surface area contributed by atoms with E-state index >= 15 is 0 Å². The predicted octanol–water partition coefficient (Wildman–Crippen LogP) is 3.26. The standard InChI is InChI=1S/C17H21ClO4/c1-13(18)15(19)22-17(10-5-6-11-17)16(20)21-12-9-14-7-3-2-4-8-14/h2-4,7-8,13H,5-6,9-12H2,1H3/t13-/m1/s1. The van der Waals surface area contributed by atoms with E-state index in [0.717, 1.165) is 18.4 Å². The maximum atomic E-state index is 12.4. The van der Waals surface area contributed by atoms with Gasteiger partial charge in [0.2, 0.25) is 5.60 Å². The Morgan fingerprint density at radius 2 is 1.86 bits per heavy atom. The van der Waals surface area contributed by atoms with Gasteiger partial charge in [-0.15, -0.1) is 11.6 Å². The number of halogens is 1. The van der Waals surface area contributed by atoms with Crippen molar-refractivity contribution in [2.24, 2.45) is 0 Å². The van der Waals surface area contributed by atoms with Crippen LogP contribution >= 0.6 is 11.6 Å². The van der Waals surface area contributed by atoms with Gasteiger partial charge in [-0.2, -0.15) is 0 Å². The molecule has 5 heteroatoms. The first-order valence-corrected chi connectivity index (χ1v) is 8.05. The molecule has 1 fully saturated rings. The van der Waals surface area contributed by atoms with Crippen LogP contribution < -0.4 is 0 Å². The zero-order chi connectivity index (χ0) is 16.0. The Morgan fingerprint density at radius 3 is 2.45 bits per heavy atom. The number of alkyl halides is 1. The molecule has 2 rings (SSSR count). The Kier molecular flexibility index (Phi) is 5.83. The van der Waals surface area contributed by atoms with E-state index in [1.807, 2.05) is 30.3 Å². The monoisotopic (exact) mass is 324 g/mol. The number of hydrogen-bond donors (Lipinski definition) is 0. The van der Waals surface area contributed by atoms with Gasteiger partial charge in [-0.05, 0) is 38.2 Å². The van der Waals surface area contributed by atoms with Gasteiger partial charge >= 0.3 is 11.9 Å². The number of ether oxygens (including phenoxy) is 2. The molecule has 1 aromatic rings. The summed E-state index contributed by atoms with van der Waals surface area (Å²) in [5, 5.41) is -0.769. The number of rotatable bonds is 6. The van der Waals surface area contributed by atoms with Crippen LogP contribution in [0, 0.1) is 0 Å². The van der Waals surface area contributed by atoms with Crippen molar-refractivity contribution in [3.63, 3.8) is 0 Å². The summed E-state index contributed by atoms with van der Waals surface area (Å²) in [6.45, 7) is 1.81. The Labute approximate surface area is 135 Å². The van der Waals surface area contributed by atoms with Crippen molar-refractivity contribution >= 4 is 23.5 Å². The normalized spacial score (nSPS) is 17.7. The molecule has 0 radical (unpaired) electrons. The molecule has 22 heavy (non-hydrogen) atoms. The molecule has 0 N–H and O–H groups in total. The molecule has 0 saturated heterocycles. The Bertz CT molecular complexity index is 507. The number of hydrogen-bond acceptors (Lipinski definition) is 4. The Hall–Kier alpha value is -1.55. The molecule has 0 aliphatic heterocycles. The van der Waals surface area contributed by atoms with Crippen molar-refractivity contribution in [3.8, 4) is 0 Å². The zero-order valence-corrected chi connectivity index (χ0v) is 13.5. The molecule has 0 bridgehead atoms. The molecule has 1 saturated carbocycles. The molecule has 1 aliphatic rings. The third-order valence-corrected chi connectivity index (χ3v) is 4.05.